The second-order valence-electron chi connectivity index (χ2n) is 6.06. The third-order valence-corrected chi connectivity index (χ3v) is 4.22. The SMILES string of the molecule is CCNC(=O)C1CCCN(C(=O)CNC(=O)c2cccc([N+](=O)[O-])c2)C1. The molecule has 2 rings (SSSR count). The van der Waals surface area contributed by atoms with Gasteiger partial charge >= 0.3 is 0 Å². The summed E-state index contributed by atoms with van der Waals surface area (Å²) in [6, 6.07) is 5.30. The highest BCUT2D eigenvalue weighted by Gasteiger charge is 2.28. The number of non-ortho nitro benzene ring substituents is 1. The molecule has 1 aromatic carbocycles. The highest BCUT2D eigenvalue weighted by Crippen LogP contribution is 2.17. The number of hydrogen-bond donors (Lipinski definition) is 2. The molecule has 0 saturated carbocycles. The van der Waals surface area contributed by atoms with E-state index in [-0.39, 0.29) is 35.5 Å². The minimum atomic E-state index is -0.586. The van der Waals surface area contributed by atoms with Crippen LogP contribution in [-0.2, 0) is 9.59 Å². The molecule has 1 atom stereocenters. The van der Waals surface area contributed by atoms with Crippen LogP contribution >= 0.6 is 0 Å². The average Bonchev–Trinajstić information content (AvgIpc) is 2.66. The molecule has 1 aliphatic heterocycles. The first kappa shape index (κ1) is 19.4. The summed E-state index contributed by atoms with van der Waals surface area (Å²) in [6.07, 6.45) is 1.46. The molecule has 9 heteroatoms. The Hall–Kier alpha value is -2.97. The lowest BCUT2D eigenvalue weighted by atomic mass is 9.97. The lowest BCUT2D eigenvalue weighted by Gasteiger charge is -2.32. The minimum Gasteiger partial charge on any atom is -0.356 e. The zero-order valence-corrected chi connectivity index (χ0v) is 14.6. The lowest BCUT2D eigenvalue weighted by molar-refractivity contribution is -0.384. The number of amides is 3. The molecule has 2 N–H and O–H groups in total. The summed E-state index contributed by atoms with van der Waals surface area (Å²) in [5.74, 6) is -1.14. The predicted octanol–water partition coefficient (Wildman–Crippen LogP) is 0.699. The number of likely N-dealkylation sites (tertiary alicyclic amines) is 1. The summed E-state index contributed by atoms with van der Waals surface area (Å²) < 4.78 is 0. The molecule has 1 saturated heterocycles. The summed E-state index contributed by atoms with van der Waals surface area (Å²) >= 11 is 0. The molecule has 26 heavy (non-hydrogen) atoms. The largest absolute Gasteiger partial charge is 0.356 e. The molecule has 3 amide bonds. The van der Waals surface area contributed by atoms with Crippen LogP contribution < -0.4 is 10.6 Å². The van der Waals surface area contributed by atoms with Gasteiger partial charge in [0.1, 0.15) is 0 Å². The van der Waals surface area contributed by atoms with Gasteiger partial charge in [-0.25, -0.2) is 0 Å². The van der Waals surface area contributed by atoms with Gasteiger partial charge in [-0.2, -0.15) is 0 Å². The van der Waals surface area contributed by atoms with Crippen molar-refractivity contribution in [1.82, 2.24) is 15.5 Å². The van der Waals surface area contributed by atoms with Crippen LogP contribution in [0.25, 0.3) is 0 Å². The van der Waals surface area contributed by atoms with Crippen LogP contribution in [0.15, 0.2) is 24.3 Å². The second-order valence-corrected chi connectivity index (χ2v) is 6.06. The smallest absolute Gasteiger partial charge is 0.270 e. The molecule has 1 aromatic rings. The van der Waals surface area contributed by atoms with Gasteiger partial charge in [0.15, 0.2) is 0 Å². The highest BCUT2D eigenvalue weighted by molar-refractivity contribution is 5.97. The standard InChI is InChI=1S/C17H22N4O5/c1-2-18-17(24)13-6-4-8-20(11-13)15(22)10-19-16(23)12-5-3-7-14(9-12)21(25)26/h3,5,7,9,13H,2,4,6,8,10-11H2,1H3,(H,18,24)(H,19,23). The molecule has 0 aromatic heterocycles. The van der Waals surface area contributed by atoms with E-state index in [4.69, 9.17) is 0 Å². The van der Waals surface area contributed by atoms with Gasteiger partial charge < -0.3 is 15.5 Å². The van der Waals surface area contributed by atoms with Crippen molar-refractivity contribution in [3.63, 3.8) is 0 Å². The molecule has 1 fully saturated rings. The number of benzene rings is 1. The van der Waals surface area contributed by atoms with E-state index in [2.05, 4.69) is 10.6 Å². The second kappa shape index (κ2) is 8.93. The quantitative estimate of drug-likeness (QED) is 0.570. The number of piperidine rings is 1. The third-order valence-electron chi connectivity index (χ3n) is 4.22. The Bertz CT molecular complexity index is 706. The van der Waals surface area contributed by atoms with Gasteiger partial charge in [0.25, 0.3) is 11.6 Å². The molecule has 1 heterocycles. The monoisotopic (exact) mass is 362 g/mol. The van der Waals surface area contributed by atoms with Gasteiger partial charge in [-0.3, -0.25) is 24.5 Å². The van der Waals surface area contributed by atoms with Crippen molar-refractivity contribution >= 4 is 23.4 Å². The molecule has 0 bridgehead atoms. The van der Waals surface area contributed by atoms with Crippen molar-refractivity contribution in [2.24, 2.45) is 5.92 Å². The van der Waals surface area contributed by atoms with Gasteiger partial charge in [-0.15, -0.1) is 0 Å². The van der Waals surface area contributed by atoms with Crippen LogP contribution in [0.2, 0.25) is 0 Å². The van der Waals surface area contributed by atoms with E-state index >= 15 is 0 Å². The predicted molar refractivity (Wildman–Crippen MR) is 93.4 cm³/mol. The van der Waals surface area contributed by atoms with E-state index in [1.807, 2.05) is 6.92 Å². The van der Waals surface area contributed by atoms with Gasteiger partial charge in [-0.1, -0.05) is 6.07 Å². The number of nitro benzene ring substituents is 1. The van der Waals surface area contributed by atoms with Crippen LogP contribution in [0.1, 0.15) is 30.1 Å². The van der Waals surface area contributed by atoms with Crippen molar-refractivity contribution in [1.29, 1.82) is 0 Å². The van der Waals surface area contributed by atoms with Crippen LogP contribution in [0, 0.1) is 16.0 Å². The summed E-state index contributed by atoms with van der Waals surface area (Å²) in [6.45, 7) is 3.04. The van der Waals surface area contributed by atoms with Crippen molar-refractivity contribution in [2.45, 2.75) is 19.8 Å². The van der Waals surface area contributed by atoms with E-state index < -0.39 is 10.8 Å². The molecule has 140 valence electrons. The van der Waals surface area contributed by atoms with E-state index in [0.717, 1.165) is 18.9 Å². The number of nitrogens with one attached hydrogen (secondary N) is 2. The number of carbonyl (C=O) groups is 3. The Kier molecular flexibility index (Phi) is 6.65. The first-order chi connectivity index (χ1) is 12.4. The Labute approximate surface area is 150 Å². The summed E-state index contributed by atoms with van der Waals surface area (Å²) in [5.41, 5.74) is -0.0735. The van der Waals surface area contributed by atoms with Crippen LogP contribution in [0.4, 0.5) is 5.69 Å². The maximum atomic E-state index is 12.3. The molecule has 0 spiro atoms. The fraction of sp³-hybridized carbons (Fsp3) is 0.471. The van der Waals surface area contributed by atoms with Crippen LogP contribution in [0.5, 0.6) is 0 Å². The summed E-state index contributed by atoms with van der Waals surface area (Å²) in [4.78, 5) is 48.1. The van der Waals surface area contributed by atoms with Crippen molar-refractivity contribution in [3.05, 3.63) is 39.9 Å². The Balaban J connectivity index is 1.89. The average molecular weight is 362 g/mol. The maximum absolute atomic E-state index is 12.3. The third kappa shape index (κ3) is 5.01. The summed E-state index contributed by atoms with van der Waals surface area (Å²) in [7, 11) is 0. The van der Waals surface area contributed by atoms with E-state index in [1.54, 1.807) is 4.90 Å². The Morgan fingerprint density at radius 3 is 2.77 bits per heavy atom. The zero-order valence-electron chi connectivity index (χ0n) is 14.6. The van der Waals surface area contributed by atoms with Crippen molar-refractivity contribution in [2.75, 3.05) is 26.2 Å². The number of nitrogens with zero attached hydrogens (tertiary/aromatic N) is 2. The summed E-state index contributed by atoms with van der Waals surface area (Å²) in [5, 5.41) is 16.0. The number of nitro groups is 1. The number of carbonyl (C=O) groups excluding carboxylic acids is 3. The highest BCUT2D eigenvalue weighted by atomic mass is 16.6. The fourth-order valence-corrected chi connectivity index (χ4v) is 2.87. The first-order valence-electron chi connectivity index (χ1n) is 8.50. The van der Waals surface area contributed by atoms with Crippen LogP contribution in [0.3, 0.4) is 0 Å². The molecular weight excluding hydrogens is 340 g/mol. The van der Waals surface area contributed by atoms with E-state index in [1.165, 1.54) is 18.2 Å². The van der Waals surface area contributed by atoms with Gasteiger partial charge in [-0.05, 0) is 25.8 Å². The molecule has 0 aliphatic carbocycles. The Morgan fingerprint density at radius 2 is 2.08 bits per heavy atom. The normalized spacial score (nSPS) is 16.7. The molecule has 1 aliphatic rings. The zero-order chi connectivity index (χ0) is 19.1. The van der Waals surface area contributed by atoms with Crippen molar-refractivity contribution < 1.29 is 19.3 Å². The topological polar surface area (TPSA) is 122 Å². The van der Waals surface area contributed by atoms with Gasteiger partial charge in [0, 0.05) is 37.3 Å². The number of rotatable bonds is 6. The molecule has 1 unspecified atom stereocenters. The van der Waals surface area contributed by atoms with Crippen molar-refractivity contribution in [3.8, 4) is 0 Å². The minimum absolute atomic E-state index is 0.0642. The van der Waals surface area contributed by atoms with Gasteiger partial charge in [0.05, 0.1) is 17.4 Å². The maximum Gasteiger partial charge on any atom is 0.270 e. The van der Waals surface area contributed by atoms with E-state index in [9.17, 15) is 24.5 Å². The lowest BCUT2D eigenvalue weighted by Crippen LogP contribution is -2.48. The first-order valence-corrected chi connectivity index (χ1v) is 8.50. The molecule has 0 radical (unpaired) electrons. The van der Waals surface area contributed by atoms with Crippen LogP contribution in [-0.4, -0.2) is 53.7 Å². The molecule has 9 nitrogen and oxygen atoms in total. The molecular formula is C17H22N4O5. The number of hydrogen-bond acceptors (Lipinski definition) is 5. The Morgan fingerprint density at radius 1 is 1.31 bits per heavy atom. The fourth-order valence-electron chi connectivity index (χ4n) is 2.87. The van der Waals surface area contributed by atoms with Gasteiger partial charge in [0.2, 0.25) is 11.8 Å². The van der Waals surface area contributed by atoms with E-state index in [0.29, 0.717) is 19.6 Å².